The number of benzene rings is 2. The van der Waals surface area contributed by atoms with Gasteiger partial charge in [0.15, 0.2) is 0 Å². The molecule has 3 N–H and O–H groups in total. The van der Waals surface area contributed by atoms with Crippen molar-refractivity contribution in [2.24, 2.45) is 5.73 Å². The largest absolute Gasteiger partial charge is 0.391 e. The molecule has 2 rings (SSSR count). The van der Waals surface area contributed by atoms with Crippen LogP contribution in [0.15, 0.2) is 54.6 Å². The van der Waals surface area contributed by atoms with Gasteiger partial charge in [0.1, 0.15) is 5.82 Å². The molecule has 0 saturated carbocycles. The molecule has 0 bridgehead atoms. The van der Waals surface area contributed by atoms with Crippen molar-refractivity contribution in [2.45, 2.75) is 12.0 Å². The Morgan fingerprint density at radius 2 is 1.50 bits per heavy atom. The minimum Gasteiger partial charge on any atom is -0.391 e. The number of halogens is 1. The lowest BCUT2D eigenvalue weighted by Crippen LogP contribution is -2.28. The summed E-state index contributed by atoms with van der Waals surface area (Å²) in [5, 5.41) is 10.1. The Morgan fingerprint density at radius 3 is 2.06 bits per heavy atom. The minimum absolute atomic E-state index is 0.164. The van der Waals surface area contributed by atoms with E-state index in [2.05, 4.69) is 0 Å². The Balaban J connectivity index is 2.40. The van der Waals surface area contributed by atoms with E-state index in [0.29, 0.717) is 0 Å². The maximum Gasteiger partial charge on any atom is 0.123 e. The molecule has 0 unspecified atom stereocenters. The van der Waals surface area contributed by atoms with Crippen molar-refractivity contribution < 1.29 is 9.50 Å². The SMILES string of the molecule is NC[C@H](O)[C@@H](c1ccccc1)c1ccc(F)cc1. The Hall–Kier alpha value is -1.71. The van der Waals surface area contributed by atoms with Crippen LogP contribution in [0.4, 0.5) is 4.39 Å². The van der Waals surface area contributed by atoms with Gasteiger partial charge in [-0.3, -0.25) is 0 Å². The van der Waals surface area contributed by atoms with Gasteiger partial charge in [0, 0.05) is 12.5 Å². The highest BCUT2D eigenvalue weighted by Gasteiger charge is 2.21. The highest BCUT2D eigenvalue weighted by atomic mass is 19.1. The fourth-order valence-electron chi connectivity index (χ4n) is 2.10. The lowest BCUT2D eigenvalue weighted by atomic mass is 9.86. The second-order valence-corrected chi connectivity index (χ2v) is 4.24. The van der Waals surface area contributed by atoms with Crippen molar-refractivity contribution in [3.05, 3.63) is 71.5 Å². The summed E-state index contributed by atoms with van der Waals surface area (Å²) in [7, 11) is 0. The van der Waals surface area contributed by atoms with Crippen LogP contribution in [-0.2, 0) is 0 Å². The summed E-state index contributed by atoms with van der Waals surface area (Å²) >= 11 is 0. The summed E-state index contributed by atoms with van der Waals surface area (Å²) in [6, 6.07) is 15.8. The van der Waals surface area contributed by atoms with E-state index in [-0.39, 0.29) is 18.3 Å². The van der Waals surface area contributed by atoms with E-state index in [4.69, 9.17) is 5.73 Å². The molecular formula is C15H16FNO. The zero-order valence-corrected chi connectivity index (χ0v) is 9.96. The van der Waals surface area contributed by atoms with Crippen LogP contribution in [0.25, 0.3) is 0 Å². The van der Waals surface area contributed by atoms with E-state index >= 15 is 0 Å². The van der Waals surface area contributed by atoms with Gasteiger partial charge < -0.3 is 10.8 Å². The van der Waals surface area contributed by atoms with Crippen LogP contribution >= 0.6 is 0 Å². The molecule has 0 radical (unpaired) electrons. The lowest BCUT2D eigenvalue weighted by molar-refractivity contribution is 0.164. The summed E-state index contributed by atoms with van der Waals surface area (Å²) in [5.74, 6) is -0.510. The molecule has 0 aromatic heterocycles. The Kier molecular flexibility index (Phi) is 4.07. The van der Waals surface area contributed by atoms with Crippen LogP contribution < -0.4 is 5.73 Å². The lowest BCUT2D eigenvalue weighted by Gasteiger charge is -2.22. The monoisotopic (exact) mass is 245 g/mol. The Labute approximate surface area is 106 Å². The summed E-state index contributed by atoms with van der Waals surface area (Å²) in [6.07, 6.45) is -0.683. The number of nitrogens with two attached hydrogens (primary N) is 1. The molecule has 0 aliphatic rings. The van der Waals surface area contributed by atoms with Crippen LogP contribution in [-0.4, -0.2) is 17.8 Å². The topological polar surface area (TPSA) is 46.2 Å². The number of aliphatic hydroxyl groups excluding tert-OH is 1. The molecule has 18 heavy (non-hydrogen) atoms. The molecule has 2 aromatic rings. The molecule has 2 aromatic carbocycles. The van der Waals surface area contributed by atoms with Crippen molar-refractivity contribution in [2.75, 3.05) is 6.54 Å². The third-order valence-electron chi connectivity index (χ3n) is 3.01. The molecule has 0 heterocycles. The molecule has 0 aliphatic heterocycles. The summed E-state index contributed by atoms with van der Waals surface area (Å²) < 4.78 is 12.9. The molecule has 94 valence electrons. The zero-order chi connectivity index (χ0) is 13.0. The first-order chi connectivity index (χ1) is 8.72. The maximum absolute atomic E-state index is 12.9. The second kappa shape index (κ2) is 5.76. The van der Waals surface area contributed by atoms with E-state index in [1.807, 2.05) is 30.3 Å². The number of hydrogen-bond donors (Lipinski definition) is 2. The Bertz CT molecular complexity index is 484. The fourth-order valence-corrected chi connectivity index (χ4v) is 2.10. The third kappa shape index (κ3) is 2.75. The van der Waals surface area contributed by atoms with Crippen molar-refractivity contribution in [3.8, 4) is 0 Å². The third-order valence-corrected chi connectivity index (χ3v) is 3.01. The van der Waals surface area contributed by atoms with E-state index in [1.54, 1.807) is 12.1 Å². The van der Waals surface area contributed by atoms with Crippen molar-refractivity contribution in [3.63, 3.8) is 0 Å². The van der Waals surface area contributed by atoms with Crippen molar-refractivity contribution in [1.82, 2.24) is 0 Å². The van der Waals surface area contributed by atoms with Gasteiger partial charge in [0.25, 0.3) is 0 Å². The summed E-state index contributed by atoms with van der Waals surface area (Å²) in [4.78, 5) is 0. The predicted molar refractivity (Wildman–Crippen MR) is 69.7 cm³/mol. The van der Waals surface area contributed by atoms with Gasteiger partial charge in [0.05, 0.1) is 6.10 Å². The molecule has 0 saturated heterocycles. The molecule has 3 heteroatoms. The first-order valence-corrected chi connectivity index (χ1v) is 5.91. The number of hydrogen-bond acceptors (Lipinski definition) is 2. The average molecular weight is 245 g/mol. The highest BCUT2D eigenvalue weighted by Crippen LogP contribution is 2.27. The van der Waals surface area contributed by atoms with Crippen LogP contribution in [0.5, 0.6) is 0 Å². The highest BCUT2D eigenvalue weighted by molar-refractivity contribution is 5.34. The quantitative estimate of drug-likeness (QED) is 0.868. The smallest absolute Gasteiger partial charge is 0.123 e. The fraction of sp³-hybridized carbons (Fsp3) is 0.200. The van der Waals surface area contributed by atoms with E-state index in [1.165, 1.54) is 12.1 Å². The van der Waals surface area contributed by atoms with Gasteiger partial charge in [-0.25, -0.2) is 4.39 Å². The van der Waals surface area contributed by atoms with Gasteiger partial charge in [-0.05, 0) is 23.3 Å². The summed E-state index contributed by atoms with van der Waals surface area (Å²) in [6.45, 7) is 0.164. The number of aliphatic hydroxyl groups is 1. The predicted octanol–water partition coefficient (Wildman–Crippen LogP) is 2.28. The molecule has 2 atom stereocenters. The van der Waals surface area contributed by atoms with Gasteiger partial charge in [-0.1, -0.05) is 42.5 Å². The summed E-state index contributed by atoms with van der Waals surface area (Å²) in [5.41, 5.74) is 7.39. The molecular weight excluding hydrogens is 229 g/mol. The van der Waals surface area contributed by atoms with Gasteiger partial charge in [-0.2, -0.15) is 0 Å². The minimum atomic E-state index is -0.683. The van der Waals surface area contributed by atoms with Crippen LogP contribution in [0.3, 0.4) is 0 Å². The first-order valence-electron chi connectivity index (χ1n) is 5.91. The van der Waals surface area contributed by atoms with Crippen LogP contribution in [0, 0.1) is 5.82 Å². The molecule has 0 aliphatic carbocycles. The van der Waals surface area contributed by atoms with Gasteiger partial charge >= 0.3 is 0 Å². The normalized spacial score (nSPS) is 14.2. The van der Waals surface area contributed by atoms with E-state index in [9.17, 15) is 9.50 Å². The molecule has 0 amide bonds. The van der Waals surface area contributed by atoms with E-state index in [0.717, 1.165) is 11.1 Å². The molecule has 0 fully saturated rings. The molecule has 2 nitrogen and oxygen atoms in total. The van der Waals surface area contributed by atoms with Gasteiger partial charge in [-0.15, -0.1) is 0 Å². The van der Waals surface area contributed by atoms with Crippen LogP contribution in [0.1, 0.15) is 17.0 Å². The van der Waals surface area contributed by atoms with E-state index < -0.39 is 6.10 Å². The first kappa shape index (κ1) is 12.7. The van der Waals surface area contributed by atoms with Crippen molar-refractivity contribution in [1.29, 1.82) is 0 Å². The Morgan fingerprint density at radius 1 is 0.944 bits per heavy atom. The van der Waals surface area contributed by atoms with Crippen LogP contribution in [0.2, 0.25) is 0 Å². The second-order valence-electron chi connectivity index (χ2n) is 4.24. The maximum atomic E-state index is 12.9. The average Bonchev–Trinajstić information content (AvgIpc) is 2.42. The van der Waals surface area contributed by atoms with Crippen molar-refractivity contribution >= 4 is 0 Å². The number of rotatable bonds is 4. The molecule has 0 spiro atoms. The van der Waals surface area contributed by atoms with Gasteiger partial charge in [0.2, 0.25) is 0 Å². The zero-order valence-electron chi connectivity index (χ0n) is 9.96. The standard InChI is InChI=1S/C15H16FNO/c16-13-8-6-12(7-9-13)15(14(18)10-17)11-4-2-1-3-5-11/h1-9,14-15,18H,10,17H2/t14-,15-/m0/s1.